The molecule has 9 heteroatoms. The third-order valence-corrected chi connectivity index (χ3v) is 4.53. The highest BCUT2D eigenvalue weighted by molar-refractivity contribution is 7.86. The zero-order chi connectivity index (χ0) is 20.4. The first-order valence-corrected chi connectivity index (χ1v) is 9.99. The second-order valence-electron chi connectivity index (χ2n) is 5.77. The van der Waals surface area contributed by atoms with Crippen LogP contribution in [0.1, 0.15) is 18.1 Å². The van der Waals surface area contributed by atoms with Gasteiger partial charge in [-0.25, -0.2) is 9.59 Å². The van der Waals surface area contributed by atoms with E-state index in [1.54, 1.807) is 48.5 Å². The van der Waals surface area contributed by atoms with Gasteiger partial charge in [-0.3, -0.25) is 4.18 Å². The standard InChI is InChI=1S/C19H21NO7S/c1-15(18(21)25-12-16-8-4-2-5-9-16)27-28(23,24)14-20-19(22)26-13-17-10-6-3-7-11-17/h2-11,15H,12-14H2,1H3,(H,20,22)/t15-/m1/s1. The Labute approximate surface area is 163 Å². The fraction of sp³-hybridized carbons (Fsp3) is 0.263. The van der Waals surface area contributed by atoms with Crippen LogP contribution in [-0.2, 0) is 41.8 Å². The molecule has 0 saturated heterocycles. The number of esters is 1. The number of rotatable bonds is 9. The van der Waals surface area contributed by atoms with Crippen LogP contribution >= 0.6 is 0 Å². The number of amides is 1. The average molecular weight is 407 g/mol. The normalized spacial score (nSPS) is 12.0. The largest absolute Gasteiger partial charge is 0.459 e. The summed E-state index contributed by atoms with van der Waals surface area (Å²) in [5.74, 6) is -1.67. The summed E-state index contributed by atoms with van der Waals surface area (Å²) in [5.41, 5.74) is 1.51. The van der Waals surface area contributed by atoms with Crippen molar-refractivity contribution in [1.82, 2.24) is 5.32 Å². The van der Waals surface area contributed by atoms with Crippen LogP contribution in [0.3, 0.4) is 0 Å². The van der Waals surface area contributed by atoms with Crippen LogP contribution in [0.15, 0.2) is 60.7 Å². The van der Waals surface area contributed by atoms with Crippen molar-refractivity contribution < 1.29 is 31.7 Å². The Balaban J connectivity index is 1.72. The van der Waals surface area contributed by atoms with E-state index < -0.39 is 34.2 Å². The maximum absolute atomic E-state index is 11.9. The maximum atomic E-state index is 11.9. The number of nitrogens with one attached hydrogen (secondary N) is 1. The third kappa shape index (κ3) is 7.77. The summed E-state index contributed by atoms with van der Waals surface area (Å²) < 4.78 is 38.4. The SMILES string of the molecule is C[C@@H](OS(=O)(=O)CNC(=O)OCc1ccccc1)C(=O)OCc1ccccc1. The molecule has 2 aromatic carbocycles. The number of carbonyl (C=O) groups excluding carboxylic acids is 2. The number of hydrogen-bond donors (Lipinski definition) is 1. The third-order valence-electron chi connectivity index (χ3n) is 3.45. The number of ether oxygens (including phenoxy) is 2. The van der Waals surface area contributed by atoms with Crippen molar-refractivity contribution in [3.05, 3.63) is 71.8 Å². The van der Waals surface area contributed by atoms with Gasteiger partial charge in [0.05, 0.1) is 0 Å². The van der Waals surface area contributed by atoms with E-state index in [1.165, 1.54) is 6.92 Å². The van der Waals surface area contributed by atoms with Gasteiger partial charge in [-0.2, -0.15) is 8.42 Å². The van der Waals surface area contributed by atoms with Gasteiger partial charge in [0.25, 0.3) is 10.1 Å². The van der Waals surface area contributed by atoms with E-state index in [0.29, 0.717) is 0 Å². The predicted octanol–water partition coefficient (Wildman–Crippen LogP) is 2.35. The summed E-state index contributed by atoms with van der Waals surface area (Å²) in [4.78, 5) is 23.5. The molecule has 0 aliphatic rings. The molecule has 0 heterocycles. The molecule has 0 fully saturated rings. The molecule has 1 amide bonds. The fourth-order valence-corrected chi connectivity index (χ4v) is 2.94. The monoisotopic (exact) mass is 407 g/mol. The molecule has 0 saturated carbocycles. The lowest BCUT2D eigenvalue weighted by Crippen LogP contribution is -2.34. The summed E-state index contributed by atoms with van der Waals surface area (Å²) in [6.45, 7) is 1.24. The molecule has 0 bridgehead atoms. The molecule has 8 nitrogen and oxygen atoms in total. The zero-order valence-corrected chi connectivity index (χ0v) is 16.1. The Bertz CT molecular complexity index is 870. The quantitative estimate of drug-likeness (QED) is 0.502. The molecule has 1 atom stereocenters. The Morgan fingerprint density at radius 2 is 1.39 bits per heavy atom. The summed E-state index contributed by atoms with van der Waals surface area (Å²) in [7, 11) is -4.20. The lowest BCUT2D eigenvalue weighted by molar-refractivity contribution is -0.152. The van der Waals surface area contributed by atoms with E-state index in [-0.39, 0.29) is 13.2 Å². The van der Waals surface area contributed by atoms with Gasteiger partial charge < -0.3 is 14.8 Å². The van der Waals surface area contributed by atoms with Gasteiger partial charge in [0, 0.05) is 0 Å². The van der Waals surface area contributed by atoms with E-state index in [2.05, 4.69) is 5.32 Å². The van der Waals surface area contributed by atoms with Crippen molar-refractivity contribution in [1.29, 1.82) is 0 Å². The molecule has 1 N–H and O–H groups in total. The number of benzene rings is 2. The Morgan fingerprint density at radius 3 is 1.93 bits per heavy atom. The zero-order valence-electron chi connectivity index (χ0n) is 15.2. The molecular weight excluding hydrogens is 386 g/mol. The minimum absolute atomic E-state index is 0.00250. The van der Waals surface area contributed by atoms with Gasteiger partial charge in [0.2, 0.25) is 0 Å². The van der Waals surface area contributed by atoms with Crippen molar-refractivity contribution in [3.8, 4) is 0 Å². The molecule has 0 spiro atoms. The van der Waals surface area contributed by atoms with Crippen LogP contribution in [0.25, 0.3) is 0 Å². The van der Waals surface area contributed by atoms with Crippen molar-refractivity contribution >= 4 is 22.2 Å². The van der Waals surface area contributed by atoms with Gasteiger partial charge in [-0.15, -0.1) is 0 Å². The molecule has 28 heavy (non-hydrogen) atoms. The van der Waals surface area contributed by atoms with Gasteiger partial charge >= 0.3 is 12.1 Å². The van der Waals surface area contributed by atoms with Gasteiger partial charge in [0.1, 0.15) is 19.1 Å². The maximum Gasteiger partial charge on any atom is 0.408 e. The van der Waals surface area contributed by atoms with Crippen LogP contribution in [0.5, 0.6) is 0 Å². The van der Waals surface area contributed by atoms with Crippen molar-refractivity contribution in [3.63, 3.8) is 0 Å². The number of carbonyl (C=O) groups is 2. The summed E-state index contributed by atoms with van der Waals surface area (Å²) in [6.07, 6.45) is -2.27. The van der Waals surface area contributed by atoms with Crippen molar-refractivity contribution in [2.24, 2.45) is 0 Å². The molecule has 2 aromatic rings. The lowest BCUT2D eigenvalue weighted by Gasteiger charge is -2.13. The van der Waals surface area contributed by atoms with Crippen LogP contribution in [0.4, 0.5) is 4.79 Å². The van der Waals surface area contributed by atoms with E-state index >= 15 is 0 Å². The van der Waals surface area contributed by atoms with Crippen LogP contribution in [-0.4, -0.2) is 32.5 Å². The smallest absolute Gasteiger partial charge is 0.408 e. The minimum atomic E-state index is -4.20. The lowest BCUT2D eigenvalue weighted by atomic mass is 10.2. The van der Waals surface area contributed by atoms with E-state index in [4.69, 9.17) is 13.7 Å². The van der Waals surface area contributed by atoms with Crippen molar-refractivity contribution in [2.75, 3.05) is 5.88 Å². The summed E-state index contributed by atoms with van der Waals surface area (Å²) in [6, 6.07) is 17.8. The molecular formula is C19H21NO7S. The Kier molecular flexibility index (Phi) is 7.97. The predicted molar refractivity (Wildman–Crippen MR) is 100 cm³/mol. The molecule has 0 unspecified atom stereocenters. The summed E-state index contributed by atoms with van der Waals surface area (Å²) >= 11 is 0. The summed E-state index contributed by atoms with van der Waals surface area (Å²) in [5, 5.41) is 2.07. The molecule has 150 valence electrons. The number of alkyl carbamates (subject to hydrolysis) is 1. The molecule has 0 aliphatic carbocycles. The molecule has 0 aromatic heterocycles. The van der Waals surface area contributed by atoms with Crippen LogP contribution in [0, 0.1) is 0 Å². The highest BCUT2D eigenvalue weighted by atomic mass is 32.2. The topological polar surface area (TPSA) is 108 Å². The van der Waals surface area contributed by atoms with Gasteiger partial charge in [0.15, 0.2) is 6.10 Å². The number of hydrogen-bond acceptors (Lipinski definition) is 7. The molecule has 0 radical (unpaired) electrons. The first kappa shape index (κ1) is 21.4. The van der Waals surface area contributed by atoms with E-state index in [9.17, 15) is 18.0 Å². The van der Waals surface area contributed by atoms with Gasteiger partial charge in [-0.05, 0) is 18.1 Å². The highest BCUT2D eigenvalue weighted by Crippen LogP contribution is 2.06. The first-order valence-electron chi connectivity index (χ1n) is 8.42. The van der Waals surface area contributed by atoms with E-state index in [0.717, 1.165) is 11.1 Å². The Morgan fingerprint density at radius 1 is 0.893 bits per heavy atom. The Hall–Kier alpha value is -2.91. The second kappa shape index (κ2) is 10.4. The second-order valence-corrected chi connectivity index (χ2v) is 7.37. The highest BCUT2D eigenvalue weighted by Gasteiger charge is 2.24. The minimum Gasteiger partial charge on any atom is -0.459 e. The fourth-order valence-electron chi connectivity index (χ4n) is 2.06. The molecule has 0 aliphatic heterocycles. The van der Waals surface area contributed by atoms with Crippen LogP contribution in [0.2, 0.25) is 0 Å². The van der Waals surface area contributed by atoms with Crippen molar-refractivity contribution in [2.45, 2.75) is 26.2 Å². The average Bonchev–Trinajstić information content (AvgIpc) is 2.70. The van der Waals surface area contributed by atoms with Gasteiger partial charge in [-0.1, -0.05) is 60.7 Å². The molecule has 2 rings (SSSR count). The van der Waals surface area contributed by atoms with Crippen LogP contribution < -0.4 is 5.32 Å². The van der Waals surface area contributed by atoms with E-state index in [1.807, 2.05) is 12.1 Å². The first-order chi connectivity index (χ1) is 13.4.